The number of aromatic amines is 1. The minimum absolute atomic E-state index is 0.0128. The number of hydrogen-bond donors (Lipinski definition) is 1. The first-order valence-corrected chi connectivity index (χ1v) is 4.40. The second-order valence-electron chi connectivity index (χ2n) is 3.06. The molecule has 15 heavy (non-hydrogen) atoms. The molecule has 0 unspecified atom stereocenters. The second-order valence-corrected chi connectivity index (χ2v) is 3.06. The van der Waals surface area contributed by atoms with Crippen molar-refractivity contribution in [3.05, 3.63) is 46.4 Å². The van der Waals surface area contributed by atoms with Gasteiger partial charge >= 0.3 is 11.3 Å². The lowest BCUT2D eigenvalue weighted by Gasteiger charge is -1.89. The first-order valence-electron chi connectivity index (χ1n) is 4.40. The number of H-pyrrole nitrogens is 1. The van der Waals surface area contributed by atoms with E-state index in [1.807, 2.05) is 6.07 Å². The van der Waals surface area contributed by atoms with Gasteiger partial charge in [0.1, 0.15) is 0 Å². The Morgan fingerprint density at radius 3 is 2.60 bits per heavy atom. The first kappa shape index (κ1) is 9.39. The quantitative estimate of drug-likeness (QED) is 0.571. The number of hydrogen-bond acceptors (Lipinski definition) is 3. The molecule has 0 amide bonds. The molecule has 2 aromatic rings. The van der Waals surface area contributed by atoms with Gasteiger partial charge in [-0.25, -0.2) is 4.79 Å². The normalized spacial score (nSPS) is 10.2. The van der Waals surface area contributed by atoms with Crippen molar-refractivity contribution in [1.29, 1.82) is 0 Å². The number of nitrogens with zero attached hydrogens (tertiary/aromatic N) is 1. The minimum Gasteiger partial charge on any atom is -0.287 e. The van der Waals surface area contributed by atoms with E-state index in [4.69, 9.17) is 0 Å². The second kappa shape index (κ2) is 3.53. The minimum atomic E-state index is -0.661. The molecule has 1 aromatic heterocycles. The smallest absolute Gasteiger partial charge is 0.287 e. The Bertz CT molecular complexity index is 539. The summed E-state index contributed by atoms with van der Waals surface area (Å²) in [6.45, 7) is 1.32. The van der Waals surface area contributed by atoms with Crippen molar-refractivity contribution in [3.8, 4) is 5.69 Å². The highest BCUT2D eigenvalue weighted by Gasteiger charge is 2.26. The molecular weight excluding hydrogens is 196 g/mol. The average molecular weight is 205 g/mol. The molecule has 76 valence electrons. The number of carbonyl (C=O) groups is 1. The molecule has 0 spiro atoms. The highest BCUT2D eigenvalue weighted by atomic mass is 16.5. The van der Waals surface area contributed by atoms with Crippen LogP contribution < -0.4 is 10.3 Å². The number of rotatable bonds is 2. The van der Waals surface area contributed by atoms with Gasteiger partial charge in [-0.3, -0.25) is 9.32 Å². The Kier molecular flexibility index (Phi) is 2.21. The number of para-hydroxylation sites is 1. The van der Waals surface area contributed by atoms with Crippen LogP contribution in [-0.4, -0.2) is 11.1 Å². The van der Waals surface area contributed by atoms with E-state index >= 15 is 0 Å². The maximum atomic E-state index is 11.2. The summed E-state index contributed by atoms with van der Waals surface area (Å²) in [5.74, 6) is -0.339. The van der Waals surface area contributed by atoms with Crippen molar-refractivity contribution < 1.29 is 14.0 Å². The molecule has 5 nitrogen and oxygen atoms in total. The van der Waals surface area contributed by atoms with E-state index in [0.29, 0.717) is 5.69 Å². The predicted octanol–water partition coefficient (Wildman–Crippen LogP) is 0.447. The summed E-state index contributed by atoms with van der Waals surface area (Å²) in [5.41, 5.74) is 0.00102. The molecular formula is C10H9N2O3+. The Labute approximate surface area is 84.9 Å². The molecule has 0 aliphatic heterocycles. The summed E-state index contributed by atoms with van der Waals surface area (Å²) in [7, 11) is 0. The van der Waals surface area contributed by atoms with Gasteiger partial charge in [0.15, 0.2) is 0 Å². The van der Waals surface area contributed by atoms with Gasteiger partial charge in [0.2, 0.25) is 11.5 Å². The lowest BCUT2D eigenvalue weighted by Crippen LogP contribution is -2.40. The van der Waals surface area contributed by atoms with E-state index in [1.54, 1.807) is 24.3 Å². The highest BCUT2D eigenvalue weighted by molar-refractivity contribution is 5.90. The Morgan fingerprint density at radius 2 is 2.00 bits per heavy atom. The maximum Gasteiger partial charge on any atom is 0.438 e. The lowest BCUT2D eigenvalue weighted by atomic mass is 10.3. The van der Waals surface area contributed by atoms with Crippen LogP contribution in [0.4, 0.5) is 0 Å². The molecule has 1 aromatic carbocycles. The number of benzene rings is 1. The molecule has 0 saturated heterocycles. The zero-order valence-electron chi connectivity index (χ0n) is 8.06. The van der Waals surface area contributed by atoms with Gasteiger partial charge in [-0.2, -0.15) is 0 Å². The van der Waals surface area contributed by atoms with E-state index in [2.05, 4.69) is 9.79 Å². The van der Waals surface area contributed by atoms with Crippen molar-refractivity contribution in [2.75, 3.05) is 0 Å². The van der Waals surface area contributed by atoms with Crippen LogP contribution in [0.3, 0.4) is 0 Å². The van der Waals surface area contributed by atoms with Crippen LogP contribution in [0.15, 0.2) is 39.6 Å². The van der Waals surface area contributed by atoms with E-state index in [9.17, 15) is 9.59 Å². The van der Waals surface area contributed by atoms with Crippen molar-refractivity contribution >= 4 is 5.78 Å². The van der Waals surface area contributed by atoms with E-state index in [0.717, 1.165) is 0 Å². The fourth-order valence-electron chi connectivity index (χ4n) is 1.33. The summed E-state index contributed by atoms with van der Waals surface area (Å²) in [6, 6.07) is 8.97. The average Bonchev–Trinajstić information content (AvgIpc) is 2.61. The molecule has 5 heteroatoms. The topological polar surface area (TPSA) is 67.0 Å². The Balaban J connectivity index is 2.65. The molecule has 1 N–H and O–H groups in total. The molecule has 1 heterocycles. The zero-order valence-corrected chi connectivity index (χ0v) is 8.06. The predicted molar refractivity (Wildman–Crippen MR) is 50.9 cm³/mol. The van der Waals surface area contributed by atoms with Gasteiger partial charge in [-0.1, -0.05) is 18.2 Å². The summed E-state index contributed by atoms with van der Waals surface area (Å²) in [4.78, 5) is 22.4. The van der Waals surface area contributed by atoms with Crippen molar-refractivity contribution in [2.45, 2.75) is 6.92 Å². The summed E-state index contributed by atoms with van der Waals surface area (Å²) in [5, 5.41) is 2.38. The molecule has 0 fully saturated rings. The van der Waals surface area contributed by atoms with Gasteiger partial charge < -0.3 is 0 Å². The number of Topliss-reactive ketones (excluding diaryl/α,β-unsaturated/α-hetero) is 1. The molecule has 0 bridgehead atoms. The number of aromatic nitrogens is 2. The fourth-order valence-corrected chi connectivity index (χ4v) is 1.33. The van der Waals surface area contributed by atoms with Crippen LogP contribution >= 0.6 is 0 Å². The summed E-state index contributed by atoms with van der Waals surface area (Å²) < 4.78 is 5.90. The molecule has 0 aliphatic rings. The third-order valence-electron chi connectivity index (χ3n) is 1.99. The molecule has 0 radical (unpaired) electrons. The molecule has 0 atom stereocenters. The van der Waals surface area contributed by atoms with Gasteiger partial charge in [-0.05, 0) is 9.95 Å². The third-order valence-corrected chi connectivity index (χ3v) is 1.99. The molecule has 0 saturated carbocycles. The van der Waals surface area contributed by atoms with Crippen LogP contribution in [0.5, 0.6) is 0 Å². The van der Waals surface area contributed by atoms with Crippen LogP contribution in [0.1, 0.15) is 17.4 Å². The highest BCUT2D eigenvalue weighted by Crippen LogP contribution is 1.97. The van der Waals surface area contributed by atoms with Crippen LogP contribution in [0.2, 0.25) is 0 Å². The van der Waals surface area contributed by atoms with Gasteiger partial charge in [-0.15, -0.1) is 0 Å². The standard InChI is InChI=1S/C10H8N2O3/c1-7(13)9-10(14)15-11-12(9)8-5-3-2-4-6-8/h2-6H,1H3/p+1. The van der Waals surface area contributed by atoms with E-state index < -0.39 is 5.63 Å². The van der Waals surface area contributed by atoms with Crippen LogP contribution in [-0.2, 0) is 0 Å². The van der Waals surface area contributed by atoms with Crippen molar-refractivity contribution in [2.24, 2.45) is 0 Å². The monoisotopic (exact) mass is 205 g/mol. The number of carbonyl (C=O) groups excluding carboxylic acids is 1. The Hall–Kier alpha value is -2.17. The van der Waals surface area contributed by atoms with Gasteiger partial charge in [0.05, 0.1) is 0 Å². The molecule has 0 aliphatic carbocycles. The van der Waals surface area contributed by atoms with E-state index in [1.165, 1.54) is 11.6 Å². The maximum absolute atomic E-state index is 11.2. The lowest BCUT2D eigenvalue weighted by molar-refractivity contribution is -0.672. The zero-order chi connectivity index (χ0) is 10.8. The number of nitrogens with one attached hydrogen (secondary N) is 1. The summed E-state index contributed by atoms with van der Waals surface area (Å²) >= 11 is 0. The Morgan fingerprint density at radius 1 is 1.33 bits per heavy atom. The fraction of sp³-hybridized carbons (Fsp3) is 0.100. The van der Waals surface area contributed by atoms with E-state index in [-0.39, 0.29) is 11.5 Å². The largest absolute Gasteiger partial charge is 0.438 e. The van der Waals surface area contributed by atoms with Crippen molar-refractivity contribution in [3.63, 3.8) is 0 Å². The third kappa shape index (κ3) is 1.59. The van der Waals surface area contributed by atoms with Crippen LogP contribution in [0, 0.1) is 0 Å². The first-order chi connectivity index (χ1) is 7.20. The number of ketones is 1. The van der Waals surface area contributed by atoms with Gasteiger partial charge in [0, 0.05) is 19.1 Å². The summed E-state index contributed by atoms with van der Waals surface area (Å²) in [6.07, 6.45) is 0. The van der Waals surface area contributed by atoms with Gasteiger partial charge in [0.25, 0.3) is 0 Å². The van der Waals surface area contributed by atoms with Crippen LogP contribution in [0.25, 0.3) is 5.69 Å². The van der Waals surface area contributed by atoms with Crippen molar-refractivity contribution in [1.82, 2.24) is 5.27 Å². The SMILES string of the molecule is CC(=O)c1c(=O)o[nH][n+]1-c1ccccc1. The molecule has 2 rings (SSSR count).